The van der Waals surface area contributed by atoms with Gasteiger partial charge in [-0.05, 0) is 17.8 Å². The van der Waals surface area contributed by atoms with Gasteiger partial charge in [0, 0.05) is 0 Å². The van der Waals surface area contributed by atoms with E-state index in [0.717, 1.165) is 6.08 Å². The van der Waals surface area contributed by atoms with E-state index in [1.807, 2.05) is 0 Å². The number of carboxylic acid groups (broad SMARTS) is 1. The number of hydrogen-bond acceptors (Lipinski definition) is 2. The molecule has 4 heteroatoms. The first-order valence-electron chi connectivity index (χ1n) is 1.83. The van der Waals surface area contributed by atoms with Crippen molar-refractivity contribution in [3.05, 3.63) is 12.7 Å². The highest BCUT2D eigenvalue weighted by Crippen LogP contribution is 2.12. The van der Waals surface area contributed by atoms with Gasteiger partial charge in [0.25, 0.3) is 0 Å². The van der Waals surface area contributed by atoms with Gasteiger partial charge in [-0.3, -0.25) is 0 Å². The molecule has 1 unspecified atom stereocenters. The molecule has 0 aromatic carbocycles. The lowest BCUT2D eigenvalue weighted by Gasteiger charge is -1.92. The largest absolute Gasteiger partial charge is 0.473 e. The van der Waals surface area contributed by atoms with Gasteiger partial charge in [-0.15, -0.1) is 0 Å². The molecule has 0 aromatic rings. The van der Waals surface area contributed by atoms with E-state index in [-0.39, 0.29) is 11.8 Å². The Morgan fingerprint density at radius 3 is 2.62 bits per heavy atom. The maximum Gasteiger partial charge on any atom is 0.367 e. The van der Waals surface area contributed by atoms with Gasteiger partial charge in [-0.25, -0.2) is 9.18 Å². The summed E-state index contributed by atoms with van der Waals surface area (Å²) in [7, 11) is 0. The Hall–Kier alpha value is -0.510. The minimum absolute atomic E-state index is 0.186. The normalized spacial score (nSPS) is 12.6. The smallest absolute Gasteiger partial charge is 0.367 e. The van der Waals surface area contributed by atoms with Crippen LogP contribution in [-0.2, 0) is 0 Å². The number of carbonyl (C=O) groups is 1. The number of thioether (sulfide) groups is 1. The molecule has 0 aliphatic heterocycles. The minimum Gasteiger partial charge on any atom is -0.473 e. The average molecular weight is 136 g/mol. The van der Waals surface area contributed by atoms with Crippen molar-refractivity contribution in [2.45, 2.75) is 5.50 Å². The van der Waals surface area contributed by atoms with E-state index >= 15 is 0 Å². The Morgan fingerprint density at radius 1 is 2.00 bits per heavy atom. The van der Waals surface area contributed by atoms with Crippen molar-refractivity contribution in [3.8, 4) is 0 Å². The molecule has 0 saturated heterocycles. The summed E-state index contributed by atoms with van der Waals surface area (Å²) < 4.78 is 11.8. The van der Waals surface area contributed by atoms with Crippen LogP contribution in [0.5, 0.6) is 0 Å². The molecule has 0 saturated carbocycles. The van der Waals surface area contributed by atoms with E-state index in [0.29, 0.717) is 0 Å². The summed E-state index contributed by atoms with van der Waals surface area (Å²) in [6.07, 6.45) is 0.929. The van der Waals surface area contributed by atoms with Crippen molar-refractivity contribution in [1.82, 2.24) is 0 Å². The van der Waals surface area contributed by atoms with Crippen molar-refractivity contribution in [1.29, 1.82) is 0 Å². The van der Waals surface area contributed by atoms with Gasteiger partial charge < -0.3 is 5.11 Å². The number of hydrogen-bond donors (Lipinski definition) is 1. The maximum absolute atomic E-state index is 11.8. The molecule has 8 heavy (non-hydrogen) atoms. The molecular weight excluding hydrogens is 131 g/mol. The summed E-state index contributed by atoms with van der Waals surface area (Å²) in [6, 6.07) is 0. The first-order chi connectivity index (χ1) is 3.66. The molecule has 0 bridgehead atoms. The van der Waals surface area contributed by atoms with Gasteiger partial charge in [0.15, 0.2) is 5.50 Å². The zero-order chi connectivity index (χ0) is 6.57. The van der Waals surface area contributed by atoms with Crippen molar-refractivity contribution >= 4 is 17.1 Å². The fraction of sp³-hybridized carbons (Fsp3) is 0.250. The lowest BCUT2D eigenvalue weighted by molar-refractivity contribution is 0.222. The molecule has 1 N–H and O–H groups in total. The van der Waals surface area contributed by atoms with Crippen LogP contribution in [0, 0.1) is 0 Å². The van der Waals surface area contributed by atoms with Gasteiger partial charge in [0.05, 0.1) is 0 Å². The quantitative estimate of drug-likeness (QED) is 0.589. The topological polar surface area (TPSA) is 37.3 Å². The molecule has 0 aliphatic rings. The van der Waals surface area contributed by atoms with E-state index in [1.165, 1.54) is 0 Å². The maximum atomic E-state index is 11.8. The van der Waals surface area contributed by atoms with Crippen molar-refractivity contribution in [2.75, 3.05) is 0 Å². The number of halogens is 1. The summed E-state index contributed by atoms with van der Waals surface area (Å²) in [5.41, 5.74) is -1.49. The average Bonchev–Trinajstić information content (AvgIpc) is 1.65. The molecular formula is C4H5FO2S. The van der Waals surface area contributed by atoms with Crippen LogP contribution in [0.1, 0.15) is 0 Å². The van der Waals surface area contributed by atoms with Crippen LogP contribution in [0.15, 0.2) is 12.7 Å². The zero-order valence-corrected chi connectivity index (χ0v) is 4.82. The van der Waals surface area contributed by atoms with Crippen LogP contribution in [0.4, 0.5) is 9.18 Å². The number of rotatable bonds is 2. The third kappa shape index (κ3) is 3.67. The lowest BCUT2D eigenvalue weighted by atomic mass is 10.7. The Bertz CT molecular complexity index is 104. The number of alkyl halides is 1. The summed E-state index contributed by atoms with van der Waals surface area (Å²) in [5, 5.41) is 6.67. The summed E-state index contributed by atoms with van der Waals surface area (Å²) in [5.74, 6) is 0. The molecule has 0 aliphatic carbocycles. The predicted molar refractivity (Wildman–Crippen MR) is 30.7 cm³/mol. The second kappa shape index (κ2) is 3.49. The van der Waals surface area contributed by atoms with Crippen LogP contribution in [0.25, 0.3) is 0 Å². The highest BCUT2D eigenvalue weighted by molar-refractivity contribution is 8.13. The first kappa shape index (κ1) is 7.49. The van der Waals surface area contributed by atoms with Crippen molar-refractivity contribution in [3.63, 3.8) is 0 Å². The van der Waals surface area contributed by atoms with Crippen LogP contribution < -0.4 is 0 Å². The summed E-state index contributed by atoms with van der Waals surface area (Å²) in [4.78, 5) is 9.64. The first-order valence-corrected chi connectivity index (χ1v) is 2.71. The predicted octanol–water partition coefficient (Wildman–Crippen LogP) is 1.88. The standard InChI is InChI=1S/C4H5FO2S/c1-2-3(5)8-4(6)7/h2-3H,1H2,(H,6,7). The van der Waals surface area contributed by atoms with Crippen molar-refractivity contribution < 1.29 is 14.3 Å². The molecule has 0 fully saturated rings. The molecule has 46 valence electrons. The van der Waals surface area contributed by atoms with Crippen LogP contribution in [0.2, 0.25) is 0 Å². The van der Waals surface area contributed by atoms with Gasteiger partial charge >= 0.3 is 5.30 Å². The monoisotopic (exact) mass is 136 g/mol. The Morgan fingerprint density at radius 2 is 2.50 bits per heavy atom. The van der Waals surface area contributed by atoms with Gasteiger partial charge in [0.1, 0.15) is 0 Å². The second-order valence-corrected chi connectivity index (χ2v) is 2.01. The highest BCUT2D eigenvalue weighted by Gasteiger charge is 2.05. The van der Waals surface area contributed by atoms with E-state index in [2.05, 4.69) is 6.58 Å². The van der Waals surface area contributed by atoms with E-state index in [4.69, 9.17) is 5.11 Å². The van der Waals surface area contributed by atoms with Crippen LogP contribution in [-0.4, -0.2) is 15.9 Å². The van der Waals surface area contributed by atoms with Gasteiger partial charge in [-0.1, -0.05) is 6.58 Å². The van der Waals surface area contributed by atoms with Gasteiger partial charge in [-0.2, -0.15) is 0 Å². The molecule has 0 rings (SSSR count). The third-order valence-electron chi connectivity index (χ3n) is 0.399. The van der Waals surface area contributed by atoms with E-state index in [9.17, 15) is 9.18 Å². The fourth-order valence-electron chi connectivity index (χ4n) is 0.144. The molecule has 0 radical (unpaired) electrons. The van der Waals surface area contributed by atoms with Gasteiger partial charge in [0.2, 0.25) is 0 Å². The zero-order valence-electron chi connectivity index (χ0n) is 4.00. The molecule has 0 heterocycles. The second-order valence-electron chi connectivity index (χ2n) is 0.971. The van der Waals surface area contributed by atoms with E-state index in [1.54, 1.807) is 0 Å². The highest BCUT2D eigenvalue weighted by atomic mass is 32.2. The summed E-state index contributed by atoms with van der Waals surface area (Å²) in [6.45, 7) is 3.05. The lowest BCUT2D eigenvalue weighted by Crippen LogP contribution is -1.92. The molecule has 0 aromatic heterocycles. The molecule has 2 nitrogen and oxygen atoms in total. The Balaban J connectivity index is 3.38. The van der Waals surface area contributed by atoms with Crippen LogP contribution >= 0.6 is 11.8 Å². The van der Waals surface area contributed by atoms with Crippen molar-refractivity contribution in [2.24, 2.45) is 0 Å². The fourth-order valence-corrected chi connectivity index (χ4v) is 0.433. The third-order valence-corrected chi connectivity index (χ3v) is 1.02. The molecule has 0 spiro atoms. The molecule has 0 amide bonds. The Kier molecular flexibility index (Phi) is 3.26. The minimum atomic E-state index is -1.49. The van der Waals surface area contributed by atoms with E-state index < -0.39 is 10.8 Å². The Labute approximate surface area is 50.4 Å². The van der Waals surface area contributed by atoms with Crippen LogP contribution in [0.3, 0.4) is 0 Å². The molecule has 1 atom stereocenters. The SMILES string of the molecule is C=CC(F)SC(=O)O. The summed E-state index contributed by atoms with van der Waals surface area (Å²) >= 11 is 0.186.